The van der Waals surface area contributed by atoms with Crippen LogP contribution in [0.25, 0.3) is 0 Å². The number of anilines is 1. The predicted molar refractivity (Wildman–Crippen MR) is 59.3 cm³/mol. The standard InChI is InChI=1S/C11H15NO4/c1-3-15-10-5-4-8(6-9(10)12)11(13)16-7-14-2/h4-6H,3,7,12H2,1-2H3. The zero-order chi connectivity index (χ0) is 12.0. The van der Waals surface area contributed by atoms with Gasteiger partial charge in [0.2, 0.25) is 0 Å². The maximum absolute atomic E-state index is 11.4. The summed E-state index contributed by atoms with van der Waals surface area (Å²) in [6.07, 6.45) is 0. The molecule has 0 aliphatic carbocycles. The van der Waals surface area contributed by atoms with Crippen molar-refractivity contribution in [1.82, 2.24) is 0 Å². The first-order valence-electron chi connectivity index (χ1n) is 4.87. The van der Waals surface area contributed by atoms with Gasteiger partial charge in [0, 0.05) is 7.11 Å². The lowest BCUT2D eigenvalue weighted by atomic mass is 10.2. The molecule has 1 aromatic carbocycles. The molecule has 0 saturated heterocycles. The van der Waals surface area contributed by atoms with Gasteiger partial charge in [0.05, 0.1) is 17.9 Å². The quantitative estimate of drug-likeness (QED) is 0.466. The van der Waals surface area contributed by atoms with E-state index in [9.17, 15) is 4.79 Å². The second-order valence-corrected chi connectivity index (χ2v) is 3.02. The van der Waals surface area contributed by atoms with Gasteiger partial charge in [-0.15, -0.1) is 0 Å². The Bertz CT molecular complexity index is 365. The zero-order valence-corrected chi connectivity index (χ0v) is 9.36. The van der Waals surface area contributed by atoms with E-state index in [0.29, 0.717) is 23.6 Å². The SMILES string of the molecule is CCOc1ccc(C(=O)OCOC)cc1N. The number of carbonyl (C=O) groups is 1. The van der Waals surface area contributed by atoms with Crippen LogP contribution in [0.3, 0.4) is 0 Å². The average Bonchev–Trinajstić information content (AvgIpc) is 2.29. The van der Waals surface area contributed by atoms with Crippen LogP contribution < -0.4 is 10.5 Å². The Kier molecular flexibility index (Phi) is 4.60. The summed E-state index contributed by atoms with van der Waals surface area (Å²) in [6.45, 7) is 2.31. The van der Waals surface area contributed by atoms with E-state index in [2.05, 4.69) is 4.74 Å². The number of rotatable bonds is 5. The fourth-order valence-corrected chi connectivity index (χ4v) is 1.16. The van der Waals surface area contributed by atoms with Gasteiger partial charge in [0.15, 0.2) is 6.79 Å². The number of benzene rings is 1. The molecule has 0 aromatic heterocycles. The van der Waals surface area contributed by atoms with Crippen molar-refractivity contribution in [1.29, 1.82) is 0 Å². The maximum Gasteiger partial charge on any atom is 0.340 e. The molecule has 0 spiro atoms. The number of hydrogen-bond acceptors (Lipinski definition) is 5. The van der Waals surface area contributed by atoms with E-state index in [4.69, 9.17) is 15.2 Å². The first-order chi connectivity index (χ1) is 7.69. The summed E-state index contributed by atoms with van der Waals surface area (Å²) < 4.78 is 14.7. The summed E-state index contributed by atoms with van der Waals surface area (Å²) in [5, 5.41) is 0. The van der Waals surface area contributed by atoms with Crippen LogP contribution >= 0.6 is 0 Å². The van der Waals surface area contributed by atoms with Gasteiger partial charge >= 0.3 is 5.97 Å². The first kappa shape index (κ1) is 12.3. The highest BCUT2D eigenvalue weighted by Gasteiger charge is 2.09. The topological polar surface area (TPSA) is 70.8 Å². The summed E-state index contributed by atoms with van der Waals surface area (Å²) in [7, 11) is 1.44. The molecule has 5 nitrogen and oxygen atoms in total. The van der Waals surface area contributed by atoms with Crippen LogP contribution in [0.2, 0.25) is 0 Å². The van der Waals surface area contributed by atoms with Gasteiger partial charge in [-0.1, -0.05) is 0 Å². The van der Waals surface area contributed by atoms with E-state index in [-0.39, 0.29) is 6.79 Å². The average molecular weight is 225 g/mol. The highest BCUT2D eigenvalue weighted by atomic mass is 16.7. The van der Waals surface area contributed by atoms with Crippen molar-refractivity contribution >= 4 is 11.7 Å². The van der Waals surface area contributed by atoms with Gasteiger partial charge < -0.3 is 19.9 Å². The second-order valence-electron chi connectivity index (χ2n) is 3.02. The van der Waals surface area contributed by atoms with Gasteiger partial charge in [-0.2, -0.15) is 0 Å². The molecular weight excluding hydrogens is 210 g/mol. The summed E-state index contributed by atoms with van der Waals surface area (Å²) >= 11 is 0. The molecule has 16 heavy (non-hydrogen) atoms. The molecule has 0 unspecified atom stereocenters. The number of nitrogen functional groups attached to an aromatic ring is 1. The van der Waals surface area contributed by atoms with Gasteiger partial charge in [0.1, 0.15) is 5.75 Å². The minimum absolute atomic E-state index is 0.0774. The Morgan fingerprint density at radius 3 is 2.75 bits per heavy atom. The lowest BCUT2D eigenvalue weighted by Crippen LogP contribution is -2.08. The van der Waals surface area contributed by atoms with Crippen LogP contribution in [-0.2, 0) is 9.47 Å². The van der Waals surface area contributed by atoms with Crippen molar-refractivity contribution in [3.63, 3.8) is 0 Å². The van der Waals surface area contributed by atoms with E-state index < -0.39 is 5.97 Å². The lowest BCUT2D eigenvalue weighted by Gasteiger charge is -2.08. The fourth-order valence-electron chi connectivity index (χ4n) is 1.16. The van der Waals surface area contributed by atoms with Crippen molar-refractivity contribution in [3.05, 3.63) is 23.8 Å². The largest absolute Gasteiger partial charge is 0.492 e. The highest BCUT2D eigenvalue weighted by molar-refractivity contribution is 5.90. The number of methoxy groups -OCH3 is 1. The van der Waals surface area contributed by atoms with Crippen molar-refractivity contribution in [3.8, 4) is 5.75 Å². The third-order valence-corrected chi connectivity index (χ3v) is 1.85. The maximum atomic E-state index is 11.4. The predicted octanol–water partition coefficient (Wildman–Crippen LogP) is 1.43. The summed E-state index contributed by atoms with van der Waals surface area (Å²) in [4.78, 5) is 11.4. The summed E-state index contributed by atoms with van der Waals surface area (Å²) in [6, 6.07) is 4.75. The smallest absolute Gasteiger partial charge is 0.340 e. The van der Waals surface area contributed by atoms with Crippen molar-refractivity contribution in [2.45, 2.75) is 6.92 Å². The highest BCUT2D eigenvalue weighted by Crippen LogP contribution is 2.22. The van der Waals surface area contributed by atoms with E-state index in [1.165, 1.54) is 13.2 Å². The summed E-state index contributed by atoms with van der Waals surface area (Å²) in [5.74, 6) is 0.0855. The molecule has 0 fully saturated rings. The van der Waals surface area contributed by atoms with Crippen molar-refractivity contribution < 1.29 is 19.0 Å². The Hall–Kier alpha value is -1.75. The monoisotopic (exact) mass is 225 g/mol. The van der Waals surface area contributed by atoms with Crippen LogP contribution in [0.15, 0.2) is 18.2 Å². The van der Waals surface area contributed by atoms with E-state index >= 15 is 0 Å². The number of hydrogen-bond donors (Lipinski definition) is 1. The van der Waals surface area contributed by atoms with Crippen LogP contribution in [0, 0.1) is 0 Å². The Balaban J connectivity index is 2.76. The van der Waals surface area contributed by atoms with Crippen LogP contribution in [-0.4, -0.2) is 26.5 Å². The molecule has 0 bridgehead atoms. The van der Waals surface area contributed by atoms with Crippen LogP contribution in [0.1, 0.15) is 17.3 Å². The number of nitrogens with two attached hydrogens (primary N) is 1. The minimum atomic E-state index is -0.475. The number of ether oxygens (including phenoxy) is 3. The Morgan fingerprint density at radius 1 is 1.44 bits per heavy atom. The molecule has 0 aliphatic heterocycles. The van der Waals surface area contributed by atoms with Gasteiger partial charge in [-0.25, -0.2) is 4.79 Å². The van der Waals surface area contributed by atoms with E-state index in [1.807, 2.05) is 6.92 Å². The second kappa shape index (κ2) is 5.97. The Morgan fingerprint density at radius 2 is 2.19 bits per heavy atom. The number of carbonyl (C=O) groups excluding carboxylic acids is 1. The zero-order valence-electron chi connectivity index (χ0n) is 9.36. The third kappa shape index (κ3) is 3.13. The van der Waals surface area contributed by atoms with Gasteiger partial charge in [-0.3, -0.25) is 0 Å². The molecule has 0 amide bonds. The minimum Gasteiger partial charge on any atom is -0.492 e. The van der Waals surface area contributed by atoms with Crippen LogP contribution in [0.5, 0.6) is 5.75 Å². The molecule has 0 radical (unpaired) electrons. The molecule has 1 rings (SSSR count). The molecule has 0 aliphatic rings. The molecule has 0 saturated carbocycles. The van der Waals surface area contributed by atoms with Crippen LogP contribution in [0.4, 0.5) is 5.69 Å². The molecule has 0 atom stereocenters. The molecule has 2 N–H and O–H groups in total. The number of esters is 1. The Labute approximate surface area is 94.1 Å². The first-order valence-corrected chi connectivity index (χ1v) is 4.87. The van der Waals surface area contributed by atoms with Crippen molar-refractivity contribution in [2.75, 3.05) is 26.2 Å². The molecule has 1 aromatic rings. The molecular formula is C11H15NO4. The van der Waals surface area contributed by atoms with Crippen molar-refractivity contribution in [2.24, 2.45) is 0 Å². The molecule has 5 heteroatoms. The molecule has 0 heterocycles. The van der Waals surface area contributed by atoms with E-state index in [0.717, 1.165) is 0 Å². The normalized spacial score (nSPS) is 9.88. The van der Waals surface area contributed by atoms with Gasteiger partial charge in [0.25, 0.3) is 0 Å². The molecule has 88 valence electrons. The fraction of sp³-hybridized carbons (Fsp3) is 0.364. The van der Waals surface area contributed by atoms with E-state index in [1.54, 1.807) is 12.1 Å². The third-order valence-electron chi connectivity index (χ3n) is 1.85. The lowest BCUT2D eigenvalue weighted by molar-refractivity contribution is -0.0124. The summed E-state index contributed by atoms with van der Waals surface area (Å²) in [5.41, 5.74) is 6.49. The van der Waals surface area contributed by atoms with Gasteiger partial charge in [-0.05, 0) is 25.1 Å².